The molecule has 0 saturated heterocycles. The second-order valence-corrected chi connectivity index (χ2v) is 6.74. The largest absolute Gasteiger partial charge is 0.493 e. The van der Waals surface area contributed by atoms with Gasteiger partial charge in [0.15, 0.2) is 11.5 Å². The predicted octanol–water partition coefficient (Wildman–Crippen LogP) is 3.95. The number of amides is 1. The molecule has 0 aliphatic carbocycles. The third-order valence-electron chi connectivity index (χ3n) is 4.53. The Hall–Kier alpha value is -3.99. The quantitative estimate of drug-likeness (QED) is 0.563. The molecule has 0 aliphatic rings. The highest BCUT2D eigenvalue weighted by Gasteiger charge is 2.19. The Labute approximate surface area is 181 Å². The number of methoxy groups -OCH3 is 2. The van der Waals surface area contributed by atoms with Crippen LogP contribution in [0.3, 0.4) is 0 Å². The molecule has 0 saturated carbocycles. The second kappa shape index (κ2) is 10.2. The number of benzene rings is 2. The van der Waals surface area contributed by atoms with Gasteiger partial charge in [0.25, 0.3) is 5.91 Å². The van der Waals surface area contributed by atoms with Crippen LogP contribution in [0.2, 0.25) is 0 Å². The maximum atomic E-state index is 12.9. The highest BCUT2D eigenvalue weighted by molar-refractivity contribution is 6.04. The van der Waals surface area contributed by atoms with Crippen LogP contribution in [0.15, 0.2) is 48.5 Å². The van der Waals surface area contributed by atoms with E-state index < -0.39 is 0 Å². The van der Waals surface area contributed by atoms with Gasteiger partial charge in [-0.15, -0.1) is 0 Å². The third-order valence-corrected chi connectivity index (χ3v) is 4.53. The molecule has 1 aromatic heterocycles. The lowest BCUT2D eigenvalue weighted by Crippen LogP contribution is -2.16. The third kappa shape index (κ3) is 5.34. The van der Waals surface area contributed by atoms with Crippen LogP contribution in [0, 0.1) is 18.3 Å². The SMILES string of the molecule is COc1cc(C(=O)Nc2cc(C)nn2CCC#N)cc(OC)c1OCc1ccccc1. The van der Waals surface area contributed by atoms with E-state index in [4.69, 9.17) is 19.5 Å². The van der Waals surface area contributed by atoms with E-state index in [2.05, 4.69) is 16.5 Å². The van der Waals surface area contributed by atoms with Gasteiger partial charge < -0.3 is 19.5 Å². The van der Waals surface area contributed by atoms with E-state index >= 15 is 0 Å². The van der Waals surface area contributed by atoms with Crippen molar-refractivity contribution in [1.29, 1.82) is 5.26 Å². The van der Waals surface area contributed by atoms with Gasteiger partial charge in [-0.3, -0.25) is 4.79 Å². The van der Waals surface area contributed by atoms with E-state index in [1.807, 2.05) is 37.3 Å². The van der Waals surface area contributed by atoms with Crippen molar-refractivity contribution in [2.24, 2.45) is 0 Å². The lowest BCUT2D eigenvalue weighted by atomic mass is 10.1. The van der Waals surface area contributed by atoms with Gasteiger partial charge in [-0.2, -0.15) is 10.4 Å². The number of nitriles is 1. The maximum absolute atomic E-state index is 12.9. The monoisotopic (exact) mass is 420 g/mol. The summed E-state index contributed by atoms with van der Waals surface area (Å²) < 4.78 is 18.4. The summed E-state index contributed by atoms with van der Waals surface area (Å²) in [6.07, 6.45) is 0.291. The molecule has 1 heterocycles. The van der Waals surface area contributed by atoms with Gasteiger partial charge >= 0.3 is 0 Å². The minimum Gasteiger partial charge on any atom is -0.493 e. The average Bonchev–Trinajstić information content (AvgIpc) is 3.14. The highest BCUT2D eigenvalue weighted by atomic mass is 16.5. The number of nitrogens with zero attached hydrogens (tertiary/aromatic N) is 3. The Morgan fingerprint density at radius 2 is 1.81 bits per heavy atom. The fourth-order valence-corrected chi connectivity index (χ4v) is 3.04. The van der Waals surface area contributed by atoms with Gasteiger partial charge in [-0.05, 0) is 24.6 Å². The Balaban J connectivity index is 1.83. The summed E-state index contributed by atoms with van der Waals surface area (Å²) in [4.78, 5) is 12.9. The predicted molar refractivity (Wildman–Crippen MR) is 115 cm³/mol. The molecule has 0 aliphatic heterocycles. The molecule has 3 aromatic rings. The van der Waals surface area contributed by atoms with Crippen LogP contribution < -0.4 is 19.5 Å². The van der Waals surface area contributed by atoms with E-state index in [0.29, 0.717) is 48.2 Å². The Morgan fingerprint density at radius 1 is 1.13 bits per heavy atom. The second-order valence-electron chi connectivity index (χ2n) is 6.74. The lowest BCUT2D eigenvalue weighted by Gasteiger charge is -2.16. The van der Waals surface area contributed by atoms with E-state index in [1.165, 1.54) is 14.2 Å². The molecule has 0 radical (unpaired) electrons. The van der Waals surface area contributed by atoms with Gasteiger partial charge in [0, 0.05) is 11.6 Å². The van der Waals surface area contributed by atoms with Crippen LogP contribution in [-0.4, -0.2) is 29.9 Å². The molecular formula is C23H24N4O4. The normalized spacial score (nSPS) is 10.3. The number of carbonyl (C=O) groups is 1. The van der Waals surface area contributed by atoms with Gasteiger partial charge in [0.2, 0.25) is 5.75 Å². The first-order chi connectivity index (χ1) is 15.0. The summed E-state index contributed by atoms with van der Waals surface area (Å²) in [5, 5.41) is 16.0. The van der Waals surface area contributed by atoms with Gasteiger partial charge in [-0.1, -0.05) is 30.3 Å². The minimum atomic E-state index is -0.357. The molecular weight excluding hydrogens is 396 g/mol. The van der Waals surface area contributed by atoms with Crippen LogP contribution in [0.1, 0.15) is 28.0 Å². The number of hydrogen-bond donors (Lipinski definition) is 1. The van der Waals surface area contributed by atoms with Crippen molar-refractivity contribution in [3.63, 3.8) is 0 Å². The van der Waals surface area contributed by atoms with Crippen molar-refractivity contribution in [3.05, 3.63) is 65.4 Å². The van der Waals surface area contributed by atoms with Crippen LogP contribution in [-0.2, 0) is 13.2 Å². The van der Waals surface area contributed by atoms with E-state index in [-0.39, 0.29) is 5.91 Å². The lowest BCUT2D eigenvalue weighted by molar-refractivity contribution is 0.102. The molecule has 8 nitrogen and oxygen atoms in total. The number of aromatic nitrogens is 2. The van der Waals surface area contributed by atoms with Gasteiger partial charge in [0.1, 0.15) is 12.4 Å². The number of hydrogen-bond acceptors (Lipinski definition) is 6. The number of ether oxygens (including phenoxy) is 3. The zero-order valence-corrected chi connectivity index (χ0v) is 17.7. The topological polar surface area (TPSA) is 98.4 Å². The molecule has 1 amide bonds. The van der Waals surface area contributed by atoms with Crippen LogP contribution in [0.5, 0.6) is 17.2 Å². The van der Waals surface area contributed by atoms with Crippen LogP contribution in [0.4, 0.5) is 5.82 Å². The molecule has 31 heavy (non-hydrogen) atoms. The molecule has 0 bridgehead atoms. The number of carbonyl (C=O) groups excluding carboxylic acids is 1. The summed E-state index contributed by atoms with van der Waals surface area (Å²) in [6.45, 7) is 2.54. The minimum absolute atomic E-state index is 0.291. The molecule has 3 rings (SSSR count). The Bertz CT molecular complexity index is 1060. The summed E-state index contributed by atoms with van der Waals surface area (Å²) in [5.41, 5.74) is 2.08. The van der Waals surface area contributed by atoms with Gasteiger partial charge in [-0.25, -0.2) is 4.68 Å². The molecule has 1 N–H and O–H groups in total. The van der Waals surface area contributed by atoms with Crippen molar-refractivity contribution in [3.8, 4) is 23.3 Å². The Kier molecular flexibility index (Phi) is 7.12. The van der Waals surface area contributed by atoms with Crippen LogP contribution in [0.25, 0.3) is 0 Å². The standard InChI is InChI=1S/C23H24N4O4/c1-16-12-21(27(26-16)11-7-10-24)25-23(28)18-13-19(29-2)22(20(14-18)30-3)31-15-17-8-5-4-6-9-17/h4-6,8-9,12-14H,7,11,15H2,1-3H3,(H,25,28). The summed E-state index contributed by atoms with van der Waals surface area (Å²) in [5.74, 6) is 1.34. The summed E-state index contributed by atoms with van der Waals surface area (Å²) in [7, 11) is 3.01. The van der Waals surface area contributed by atoms with Crippen molar-refractivity contribution in [1.82, 2.24) is 9.78 Å². The Morgan fingerprint density at radius 3 is 2.42 bits per heavy atom. The smallest absolute Gasteiger partial charge is 0.257 e. The van der Waals surface area contributed by atoms with Crippen molar-refractivity contribution < 1.29 is 19.0 Å². The fourth-order valence-electron chi connectivity index (χ4n) is 3.04. The molecule has 0 atom stereocenters. The first kappa shape index (κ1) is 21.7. The summed E-state index contributed by atoms with van der Waals surface area (Å²) in [6, 6.07) is 16.7. The fraction of sp³-hybridized carbons (Fsp3) is 0.261. The van der Waals surface area contributed by atoms with E-state index in [0.717, 1.165) is 11.3 Å². The zero-order valence-electron chi connectivity index (χ0n) is 17.7. The highest BCUT2D eigenvalue weighted by Crippen LogP contribution is 2.39. The first-order valence-corrected chi connectivity index (χ1v) is 9.71. The first-order valence-electron chi connectivity index (χ1n) is 9.71. The van der Waals surface area contributed by atoms with Gasteiger partial charge in [0.05, 0.1) is 38.9 Å². The van der Waals surface area contributed by atoms with Crippen molar-refractivity contribution >= 4 is 11.7 Å². The van der Waals surface area contributed by atoms with Crippen molar-refractivity contribution in [2.75, 3.05) is 19.5 Å². The number of rotatable bonds is 9. The summed E-state index contributed by atoms with van der Waals surface area (Å²) >= 11 is 0. The molecule has 8 heteroatoms. The molecule has 2 aromatic carbocycles. The molecule has 0 spiro atoms. The average molecular weight is 420 g/mol. The molecule has 0 fully saturated rings. The maximum Gasteiger partial charge on any atom is 0.257 e. The number of anilines is 1. The van der Waals surface area contributed by atoms with E-state index in [1.54, 1.807) is 22.9 Å². The number of nitrogens with one attached hydrogen (secondary N) is 1. The molecule has 160 valence electrons. The zero-order chi connectivity index (χ0) is 22.2. The van der Waals surface area contributed by atoms with Crippen molar-refractivity contribution in [2.45, 2.75) is 26.5 Å². The van der Waals surface area contributed by atoms with E-state index in [9.17, 15) is 4.79 Å². The van der Waals surface area contributed by atoms with Crippen LogP contribution >= 0.6 is 0 Å². The molecule has 0 unspecified atom stereocenters. The number of aryl methyl sites for hydroxylation is 2.